The van der Waals surface area contributed by atoms with Gasteiger partial charge < -0.3 is 5.11 Å². The number of carboxylic acids is 1. The van der Waals surface area contributed by atoms with Crippen molar-refractivity contribution >= 4 is 33.7 Å². The molecule has 92 valence electrons. The minimum atomic E-state index is -0.790. The number of thioether (sulfide) groups is 1. The summed E-state index contributed by atoms with van der Waals surface area (Å²) in [5, 5.41) is 12.4. The van der Waals surface area contributed by atoms with Gasteiger partial charge in [-0.2, -0.15) is 0 Å². The molecule has 0 saturated carbocycles. The van der Waals surface area contributed by atoms with Gasteiger partial charge >= 0.3 is 5.97 Å². The zero-order valence-corrected chi connectivity index (χ0v) is 12.0. The number of aliphatic carboxylic acids is 1. The Morgan fingerprint density at radius 1 is 1.41 bits per heavy atom. The van der Waals surface area contributed by atoms with Gasteiger partial charge in [-0.1, -0.05) is 28.1 Å². The lowest BCUT2D eigenvalue weighted by Crippen LogP contribution is -2.43. The lowest BCUT2D eigenvalue weighted by molar-refractivity contribution is -0.139. The Kier molecular flexibility index (Phi) is 3.52. The summed E-state index contributed by atoms with van der Waals surface area (Å²) in [5.74, 6) is -0.790. The van der Waals surface area contributed by atoms with Crippen LogP contribution in [0, 0.1) is 0 Å². The molecule has 2 N–H and O–H groups in total. The number of benzene rings is 1. The third kappa shape index (κ3) is 2.67. The number of rotatable bonds is 2. The van der Waals surface area contributed by atoms with Crippen LogP contribution in [0.15, 0.2) is 28.7 Å². The van der Waals surface area contributed by atoms with Crippen molar-refractivity contribution in [2.75, 3.05) is 0 Å². The monoisotopic (exact) mass is 315 g/mol. The molecule has 3 nitrogen and oxygen atoms in total. The largest absolute Gasteiger partial charge is 0.480 e. The molecule has 0 aromatic heterocycles. The summed E-state index contributed by atoms with van der Waals surface area (Å²) in [4.78, 5) is 11.2. The molecule has 5 heteroatoms. The van der Waals surface area contributed by atoms with Crippen molar-refractivity contribution in [1.29, 1.82) is 0 Å². The second-order valence-electron chi connectivity index (χ2n) is 4.59. The maximum absolute atomic E-state index is 11.2. The minimum absolute atomic E-state index is 0.0409. The quantitative estimate of drug-likeness (QED) is 0.880. The second kappa shape index (κ2) is 4.63. The Morgan fingerprint density at radius 3 is 2.47 bits per heavy atom. The van der Waals surface area contributed by atoms with E-state index in [0.717, 1.165) is 10.0 Å². The third-order valence-corrected chi connectivity index (χ3v) is 4.87. The van der Waals surface area contributed by atoms with Crippen LogP contribution >= 0.6 is 27.7 Å². The Balaban J connectivity index is 2.21. The van der Waals surface area contributed by atoms with E-state index in [1.807, 2.05) is 38.1 Å². The van der Waals surface area contributed by atoms with E-state index in [2.05, 4.69) is 21.2 Å². The first kappa shape index (κ1) is 12.9. The van der Waals surface area contributed by atoms with E-state index in [1.165, 1.54) is 0 Å². The van der Waals surface area contributed by atoms with Crippen molar-refractivity contribution in [2.24, 2.45) is 0 Å². The molecule has 17 heavy (non-hydrogen) atoms. The average molecular weight is 316 g/mol. The normalized spacial score (nSPS) is 27.0. The predicted octanol–water partition coefficient (Wildman–Crippen LogP) is 3.02. The number of hydrogen-bond acceptors (Lipinski definition) is 3. The summed E-state index contributed by atoms with van der Waals surface area (Å²) in [5.41, 5.74) is 1.11. The zero-order valence-electron chi connectivity index (χ0n) is 9.61. The van der Waals surface area contributed by atoms with E-state index in [1.54, 1.807) is 11.8 Å². The van der Waals surface area contributed by atoms with Gasteiger partial charge in [-0.25, -0.2) is 0 Å². The van der Waals surface area contributed by atoms with Gasteiger partial charge in [0.05, 0.1) is 5.37 Å². The molecule has 2 atom stereocenters. The molecule has 1 aromatic carbocycles. The molecule has 1 aliphatic rings. The summed E-state index contributed by atoms with van der Waals surface area (Å²) in [6.07, 6.45) is 0. The van der Waals surface area contributed by atoms with Gasteiger partial charge in [0.1, 0.15) is 6.04 Å². The van der Waals surface area contributed by atoms with E-state index < -0.39 is 12.0 Å². The molecule has 0 bridgehead atoms. The average Bonchev–Trinajstić information content (AvgIpc) is 2.55. The highest BCUT2D eigenvalue weighted by atomic mass is 79.9. The Morgan fingerprint density at radius 2 is 2.00 bits per heavy atom. The molecule has 1 heterocycles. The van der Waals surface area contributed by atoms with Crippen LogP contribution in [0.3, 0.4) is 0 Å². The van der Waals surface area contributed by atoms with Crippen molar-refractivity contribution in [1.82, 2.24) is 5.32 Å². The van der Waals surface area contributed by atoms with E-state index in [4.69, 9.17) is 0 Å². The van der Waals surface area contributed by atoms with Crippen LogP contribution in [-0.2, 0) is 4.79 Å². The molecule has 1 aromatic rings. The molecule has 0 radical (unpaired) electrons. The third-order valence-electron chi connectivity index (χ3n) is 2.85. The van der Waals surface area contributed by atoms with Crippen LogP contribution in [0.4, 0.5) is 0 Å². The fraction of sp³-hybridized carbons (Fsp3) is 0.417. The van der Waals surface area contributed by atoms with E-state index in [0.29, 0.717) is 0 Å². The van der Waals surface area contributed by atoms with Gasteiger partial charge in [-0.15, -0.1) is 11.8 Å². The van der Waals surface area contributed by atoms with Crippen molar-refractivity contribution in [3.05, 3.63) is 34.3 Å². The highest BCUT2D eigenvalue weighted by Crippen LogP contribution is 2.45. The summed E-state index contributed by atoms with van der Waals surface area (Å²) in [6.45, 7) is 3.92. The van der Waals surface area contributed by atoms with Crippen molar-refractivity contribution < 1.29 is 9.90 Å². The first-order valence-corrected chi connectivity index (χ1v) is 6.99. The first-order valence-electron chi connectivity index (χ1n) is 5.32. The van der Waals surface area contributed by atoms with Crippen molar-refractivity contribution in [2.45, 2.75) is 30.0 Å². The maximum Gasteiger partial charge on any atom is 0.322 e. The smallest absolute Gasteiger partial charge is 0.322 e. The SMILES string of the molecule is CC1(C)S[C@@H](c2ccc(Br)cc2)N[C@H]1C(=O)O. The fourth-order valence-electron chi connectivity index (χ4n) is 1.93. The van der Waals surface area contributed by atoms with Crippen LogP contribution in [0.1, 0.15) is 24.8 Å². The summed E-state index contributed by atoms with van der Waals surface area (Å²) in [7, 11) is 0. The molecule has 1 aliphatic heterocycles. The number of halogens is 1. The molecule has 0 unspecified atom stereocenters. The maximum atomic E-state index is 11.2. The number of nitrogens with one attached hydrogen (secondary N) is 1. The summed E-state index contributed by atoms with van der Waals surface area (Å²) in [6, 6.07) is 7.45. The highest BCUT2D eigenvalue weighted by Gasteiger charge is 2.45. The Bertz CT molecular complexity index is 433. The Labute approximate surface area is 113 Å². The summed E-state index contributed by atoms with van der Waals surface area (Å²) < 4.78 is 0.724. The van der Waals surface area contributed by atoms with Gasteiger partial charge in [-0.05, 0) is 31.5 Å². The van der Waals surface area contributed by atoms with E-state index in [-0.39, 0.29) is 10.1 Å². The zero-order chi connectivity index (χ0) is 12.6. The van der Waals surface area contributed by atoms with Crippen LogP contribution in [-0.4, -0.2) is 21.9 Å². The van der Waals surface area contributed by atoms with Gasteiger partial charge in [0.2, 0.25) is 0 Å². The van der Waals surface area contributed by atoms with Crippen molar-refractivity contribution in [3.63, 3.8) is 0 Å². The number of carboxylic acid groups (broad SMARTS) is 1. The van der Waals surface area contributed by atoms with E-state index in [9.17, 15) is 9.90 Å². The van der Waals surface area contributed by atoms with Crippen molar-refractivity contribution in [3.8, 4) is 0 Å². The lowest BCUT2D eigenvalue weighted by Gasteiger charge is -2.20. The first-order chi connectivity index (χ1) is 7.90. The molecule has 1 saturated heterocycles. The molecule has 0 spiro atoms. The molecule has 0 aliphatic carbocycles. The van der Waals surface area contributed by atoms with Gasteiger partial charge in [-0.3, -0.25) is 10.1 Å². The van der Waals surface area contributed by atoms with Gasteiger partial charge in [0.15, 0.2) is 0 Å². The molecular formula is C12H14BrNO2S. The van der Waals surface area contributed by atoms with Crippen LogP contribution in [0.25, 0.3) is 0 Å². The number of hydrogen-bond donors (Lipinski definition) is 2. The number of carbonyl (C=O) groups is 1. The molecule has 0 amide bonds. The standard InChI is InChI=1S/C12H14BrNO2S/c1-12(2)9(11(15)16)14-10(17-12)7-3-5-8(13)6-4-7/h3-6,9-10,14H,1-2H3,(H,15,16)/t9-,10-/m0/s1. The highest BCUT2D eigenvalue weighted by molar-refractivity contribution is 9.10. The second-order valence-corrected chi connectivity index (χ2v) is 7.27. The predicted molar refractivity (Wildman–Crippen MR) is 73.1 cm³/mol. The topological polar surface area (TPSA) is 49.3 Å². The minimum Gasteiger partial charge on any atom is -0.480 e. The van der Waals surface area contributed by atoms with Crippen LogP contribution in [0.5, 0.6) is 0 Å². The lowest BCUT2D eigenvalue weighted by atomic mass is 10.0. The van der Waals surface area contributed by atoms with Gasteiger partial charge in [0, 0.05) is 9.22 Å². The Hall–Kier alpha value is -0.520. The molecular weight excluding hydrogens is 302 g/mol. The van der Waals surface area contributed by atoms with Crippen LogP contribution in [0.2, 0.25) is 0 Å². The summed E-state index contributed by atoms with van der Waals surface area (Å²) >= 11 is 5.05. The van der Waals surface area contributed by atoms with Gasteiger partial charge in [0.25, 0.3) is 0 Å². The molecule has 2 rings (SSSR count). The molecule has 1 fully saturated rings. The van der Waals surface area contributed by atoms with Crippen LogP contribution < -0.4 is 5.32 Å². The fourth-order valence-corrected chi connectivity index (χ4v) is 3.60. The van der Waals surface area contributed by atoms with E-state index >= 15 is 0 Å².